The van der Waals surface area contributed by atoms with Crippen LogP contribution in [-0.2, 0) is 11.2 Å². The molecule has 104 valence electrons. The fraction of sp³-hybridized carbons (Fsp3) is 0.615. The van der Waals surface area contributed by atoms with Gasteiger partial charge < -0.3 is 5.32 Å². The number of nitrogens with one attached hydrogen (secondary N) is 1. The smallest absolute Gasteiger partial charge is 0.224 e. The summed E-state index contributed by atoms with van der Waals surface area (Å²) >= 11 is 0. The molecule has 1 aromatic heterocycles. The standard InChI is InChI=1S/C13H21N3OP2/c1-19-13(18)4-2-11(3-5-13)16-12(17)6-10-7-14-9-15-8-10/h7-9,11,19H,2-6,18H2,1H3,(H,16,17). The predicted molar refractivity (Wildman–Crippen MR) is 82.8 cm³/mol. The lowest BCUT2D eigenvalue weighted by Gasteiger charge is -2.36. The SMILES string of the molecule is CPC1(P)CCC(NC(=O)Cc2cncnc2)CC1. The number of nitrogens with zero attached hydrogens (tertiary/aromatic N) is 2. The van der Waals surface area contributed by atoms with E-state index in [1.807, 2.05) is 0 Å². The van der Waals surface area contributed by atoms with E-state index in [9.17, 15) is 4.79 Å². The molecule has 0 aliphatic heterocycles. The maximum Gasteiger partial charge on any atom is 0.224 e. The topological polar surface area (TPSA) is 54.9 Å². The minimum absolute atomic E-state index is 0.0787. The van der Waals surface area contributed by atoms with Gasteiger partial charge in [0.05, 0.1) is 6.42 Å². The highest BCUT2D eigenvalue weighted by Crippen LogP contribution is 2.47. The van der Waals surface area contributed by atoms with E-state index in [0.717, 1.165) is 27.0 Å². The van der Waals surface area contributed by atoms with Crippen molar-refractivity contribution in [2.45, 2.75) is 43.0 Å². The van der Waals surface area contributed by atoms with E-state index in [-0.39, 0.29) is 5.91 Å². The molecule has 1 aliphatic carbocycles. The molecule has 0 saturated heterocycles. The van der Waals surface area contributed by atoms with Crippen LogP contribution in [0.1, 0.15) is 31.2 Å². The van der Waals surface area contributed by atoms with Crippen molar-refractivity contribution in [2.75, 3.05) is 6.66 Å². The first-order valence-electron chi connectivity index (χ1n) is 6.62. The van der Waals surface area contributed by atoms with E-state index in [0.29, 0.717) is 17.4 Å². The highest BCUT2D eigenvalue weighted by atomic mass is 31.1. The second-order valence-corrected chi connectivity index (χ2v) is 8.35. The van der Waals surface area contributed by atoms with Crippen LogP contribution in [0.2, 0.25) is 0 Å². The molecular formula is C13H21N3OP2. The average molecular weight is 297 g/mol. The summed E-state index contributed by atoms with van der Waals surface area (Å²) in [4.78, 5) is 20.2. The number of carbonyl (C=O) groups is 1. The lowest BCUT2D eigenvalue weighted by molar-refractivity contribution is -0.121. The number of hydrogen-bond donors (Lipinski definition) is 1. The number of rotatable bonds is 4. The second-order valence-electron chi connectivity index (χ2n) is 5.17. The summed E-state index contributed by atoms with van der Waals surface area (Å²) < 4.78 is 0. The van der Waals surface area contributed by atoms with Crippen LogP contribution in [-0.4, -0.2) is 33.5 Å². The average Bonchev–Trinajstić information content (AvgIpc) is 2.43. The normalized spacial score (nSPS) is 27.6. The van der Waals surface area contributed by atoms with Crippen LogP contribution in [0.3, 0.4) is 0 Å². The van der Waals surface area contributed by atoms with E-state index >= 15 is 0 Å². The van der Waals surface area contributed by atoms with Crippen molar-refractivity contribution < 1.29 is 4.79 Å². The van der Waals surface area contributed by atoms with Gasteiger partial charge in [-0.15, -0.1) is 17.8 Å². The van der Waals surface area contributed by atoms with Crippen LogP contribution in [0.25, 0.3) is 0 Å². The Morgan fingerprint density at radius 2 is 2.11 bits per heavy atom. The molecule has 1 amide bonds. The minimum atomic E-state index is 0.0787. The Balaban J connectivity index is 1.78. The van der Waals surface area contributed by atoms with Gasteiger partial charge in [-0.2, -0.15) is 0 Å². The molecule has 1 aliphatic rings. The van der Waals surface area contributed by atoms with Crippen molar-refractivity contribution in [3.05, 3.63) is 24.3 Å². The molecule has 0 bridgehead atoms. The van der Waals surface area contributed by atoms with Crippen molar-refractivity contribution in [3.63, 3.8) is 0 Å². The molecule has 19 heavy (non-hydrogen) atoms. The van der Waals surface area contributed by atoms with Crippen molar-refractivity contribution in [1.82, 2.24) is 15.3 Å². The monoisotopic (exact) mass is 297 g/mol. The van der Waals surface area contributed by atoms with Crippen molar-refractivity contribution >= 4 is 23.7 Å². The summed E-state index contributed by atoms with van der Waals surface area (Å²) in [7, 11) is 3.97. The summed E-state index contributed by atoms with van der Waals surface area (Å²) in [5.41, 5.74) is 0.867. The number of carbonyl (C=O) groups excluding carboxylic acids is 1. The Labute approximate surface area is 118 Å². The summed E-state index contributed by atoms with van der Waals surface area (Å²) in [6, 6.07) is 0.335. The highest BCUT2D eigenvalue weighted by Gasteiger charge is 2.30. The van der Waals surface area contributed by atoms with Crippen molar-refractivity contribution in [3.8, 4) is 0 Å². The van der Waals surface area contributed by atoms with Gasteiger partial charge in [0.2, 0.25) is 5.91 Å². The molecule has 0 aromatic carbocycles. The fourth-order valence-electron chi connectivity index (χ4n) is 2.41. The second kappa shape index (κ2) is 6.72. The van der Waals surface area contributed by atoms with Gasteiger partial charge in [-0.25, -0.2) is 9.97 Å². The molecule has 2 unspecified atom stereocenters. The van der Waals surface area contributed by atoms with Gasteiger partial charge in [0, 0.05) is 23.3 Å². The molecule has 4 nitrogen and oxygen atoms in total. The predicted octanol–water partition coefficient (Wildman–Crippen LogP) is 1.96. The van der Waals surface area contributed by atoms with Crippen LogP contribution in [0.15, 0.2) is 18.7 Å². The molecule has 1 heterocycles. The van der Waals surface area contributed by atoms with Gasteiger partial charge in [-0.1, -0.05) is 0 Å². The van der Waals surface area contributed by atoms with E-state index in [4.69, 9.17) is 0 Å². The van der Waals surface area contributed by atoms with Crippen LogP contribution in [0.4, 0.5) is 0 Å². The maximum absolute atomic E-state index is 11.9. The van der Waals surface area contributed by atoms with Gasteiger partial charge in [0.1, 0.15) is 6.33 Å². The maximum atomic E-state index is 11.9. The number of aromatic nitrogens is 2. The molecule has 2 rings (SSSR count). The zero-order chi connectivity index (χ0) is 13.7. The summed E-state index contributed by atoms with van der Waals surface area (Å²) in [5.74, 6) is 0.0787. The first kappa shape index (κ1) is 14.8. The number of hydrogen-bond acceptors (Lipinski definition) is 3. The van der Waals surface area contributed by atoms with Gasteiger partial charge in [-0.05, 0) is 37.9 Å². The zero-order valence-electron chi connectivity index (χ0n) is 11.2. The summed E-state index contributed by atoms with van der Waals surface area (Å²) in [6.07, 6.45) is 9.78. The Bertz CT molecular complexity index is 419. The zero-order valence-corrected chi connectivity index (χ0v) is 13.4. The third-order valence-electron chi connectivity index (χ3n) is 3.72. The van der Waals surface area contributed by atoms with Crippen LogP contribution < -0.4 is 5.32 Å². The van der Waals surface area contributed by atoms with E-state index in [1.54, 1.807) is 12.4 Å². The summed E-state index contributed by atoms with van der Waals surface area (Å²) in [5, 5.41) is 3.13. The largest absolute Gasteiger partial charge is 0.353 e. The highest BCUT2D eigenvalue weighted by molar-refractivity contribution is 7.51. The third-order valence-corrected chi connectivity index (χ3v) is 6.66. The molecule has 1 aromatic rings. The molecule has 6 heteroatoms. The lowest BCUT2D eigenvalue weighted by Crippen LogP contribution is -2.40. The Morgan fingerprint density at radius 3 is 2.68 bits per heavy atom. The molecule has 0 spiro atoms. The lowest BCUT2D eigenvalue weighted by atomic mass is 9.94. The minimum Gasteiger partial charge on any atom is -0.353 e. The van der Waals surface area contributed by atoms with Crippen LogP contribution >= 0.6 is 17.8 Å². The van der Waals surface area contributed by atoms with E-state index in [2.05, 4.69) is 31.2 Å². The van der Waals surface area contributed by atoms with Crippen LogP contribution in [0.5, 0.6) is 0 Å². The van der Waals surface area contributed by atoms with Crippen LogP contribution in [0, 0.1) is 0 Å². The number of amides is 1. The molecule has 2 atom stereocenters. The van der Waals surface area contributed by atoms with E-state index in [1.165, 1.54) is 19.2 Å². The van der Waals surface area contributed by atoms with Gasteiger partial charge in [0.15, 0.2) is 0 Å². The molecule has 0 radical (unpaired) electrons. The fourth-order valence-corrected chi connectivity index (χ4v) is 3.53. The molecular weight excluding hydrogens is 276 g/mol. The quantitative estimate of drug-likeness (QED) is 0.864. The third kappa shape index (κ3) is 4.47. The van der Waals surface area contributed by atoms with Gasteiger partial charge >= 0.3 is 0 Å². The van der Waals surface area contributed by atoms with Gasteiger partial charge in [0.25, 0.3) is 0 Å². The Morgan fingerprint density at radius 1 is 1.47 bits per heavy atom. The van der Waals surface area contributed by atoms with Gasteiger partial charge in [-0.3, -0.25) is 4.79 Å². The molecule has 1 fully saturated rings. The Hall–Kier alpha value is -0.590. The summed E-state index contributed by atoms with van der Waals surface area (Å²) in [6.45, 7) is 2.27. The van der Waals surface area contributed by atoms with E-state index < -0.39 is 0 Å². The Kier molecular flexibility index (Phi) is 5.24. The first-order chi connectivity index (χ1) is 9.11. The molecule has 1 N–H and O–H groups in total. The molecule has 1 saturated carbocycles. The van der Waals surface area contributed by atoms with Crippen molar-refractivity contribution in [2.24, 2.45) is 0 Å². The van der Waals surface area contributed by atoms with Crippen molar-refractivity contribution in [1.29, 1.82) is 0 Å². The first-order valence-corrected chi connectivity index (χ1v) is 8.70.